The second kappa shape index (κ2) is 6.36. The van der Waals surface area contributed by atoms with Crippen molar-refractivity contribution in [1.29, 1.82) is 0 Å². The van der Waals surface area contributed by atoms with Crippen LogP contribution in [0.3, 0.4) is 0 Å². The van der Waals surface area contributed by atoms with E-state index in [1.54, 1.807) is 0 Å². The zero-order valence-electron chi connectivity index (χ0n) is 6.78. The average molecular weight is 191 g/mol. The monoisotopic (exact) mass is 191 g/mol. The average Bonchev–Trinajstić information content (AvgIpc) is 1.84. The zero-order chi connectivity index (χ0) is 8.20. The molecule has 0 saturated carbocycles. The summed E-state index contributed by atoms with van der Waals surface area (Å²) >= 11 is 0. The van der Waals surface area contributed by atoms with Crippen LogP contribution in [0.2, 0.25) is 0 Å². The van der Waals surface area contributed by atoms with Crippen LogP contribution in [0.25, 0.3) is 0 Å². The van der Waals surface area contributed by atoms with Gasteiger partial charge in [-0.3, -0.25) is 4.18 Å². The van der Waals surface area contributed by atoms with Crippen LogP contribution in [0.4, 0.5) is 0 Å². The van der Waals surface area contributed by atoms with Crippen LogP contribution in [-0.4, -0.2) is 56.5 Å². The molecule has 0 aromatic rings. The van der Waals surface area contributed by atoms with Crippen molar-refractivity contribution in [2.45, 2.75) is 12.3 Å². The van der Waals surface area contributed by atoms with Crippen molar-refractivity contribution in [2.75, 3.05) is 13.2 Å². The number of rotatable bonds is 4. The van der Waals surface area contributed by atoms with Gasteiger partial charge in [-0.2, -0.15) is 8.42 Å². The van der Waals surface area contributed by atoms with Crippen molar-refractivity contribution >= 4 is 39.7 Å². The van der Waals surface area contributed by atoms with Gasteiger partial charge in [0.1, 0.15) is 5.37 Å². The third-order valence-electron chi connectivity index (χ3n) is 0.821. The predicted octanol–water partition coefficient (Wildman–Crippen LogP) is -1.78. The van der Waals surface area contributed by atoms with Crippen molar-refractivity contribution in [3.05, 3.63) is 0 Å². The van der Waals surface area contributed by atoms with Gasteiger partial charge in [-0.15, -0.1) is 0 Å². The molecular weight excluding hydrogens is 179 g/mol. The Morgan fingerprint density at radius 3 is 2.27 bits per heavy atom. The van der Waals surface area contributed by atoms with Crippen molar-refractivity contribution in [3.8, 4) is 0 Å². The Morgan fingerprint density at radius 2 is 2.00 bits per heavy atom. The minimum atomic E-state index is -3.56. The molecule has 0 spiro atoms. The number of nitrogens with two attached hydrogens (primary N) is 2. The zero-order valence-corrected chi connectivity index (χ0v) is 9.60. The Morgan fingerprint density at radius 1 is 1.55 bits per heavy atom. The van der Waals surface area contributed by atoms with Crippen LogP contribution in [0.5, 0.6) is 0 Å². The first-order valence-electron chi connectivity index (χ1n) is 2.84. The fourth-order valence-electron chi connectivity index (χ4n) is 0.272. The van der Waals surface area contributed by atoms with Crippen LogP contribution < -0.4 is 11.5 Å². The number of hydrogen-bond acceptors (Lipinski definition) is 5. The molecule has 0 saturated heterocycles. The summed E-state index contributed by atoms with van der Waals surface area (Å²) in [6.07, 6.45) is 0. The molecule has 1 atom stereocenters. The summed E-state index contributed by atoms with van der Waals surface area (Å²) in [6, 6.07) is 0. The van der Waals surface area contributed by atoms with Crippen molar-refractivity contribution in [1.82, 2.24) is 0 Å². The van der Waals surface area contributed by atoms with E-state index >= 15 is 0 Å². The Hall–Kier alpha value is 0.830. The Labute approximate surface area is 88.9 Å². The molecule has 7 heteroatoms. The van der Waals surface area contributed by atoms with Gasteiger partial charge >= 0.3 is 0 Å². The molecule has 0 bridgehead atoms. The first kappa shape index (κ1) is 14.4. The van der Waals surface area contributed by atoms with Gasteiger partial charge < -0.3 is 11.5 Å². The van der Waals surface area contributed by atoms with Gasteiger partial charge in [0.15, 0.2) is 0 Å². The van der Waals surface area contributed by atoms with E-state index in [1.165, 1.54) is 6.92 Å². The van der Waals surface area contributed by atoms with Crippen molar-refractivity contribution in [2.24, 2.45) is 11.5 Å². The van der Waals surface area contributed by atoms with Crippen LogP contribution in [0, 0.1) is 0 Å². The summed E-state index contributed by atoms with van der Waals surface area (Å²) in [5, 5.41) is -0.987. The minimum Gasteiger partial charge on any atom is -0.328 e. The third-order valence-corrected chi connectivity index (χ3v) is 2.23. The molecule has 1 unspecified atom stereocenters. The normalized spacial score (nSPS) is 13.7. The topological polar surface area (TPSA) is 95.4 Å². The van der Waals surface area contributed by atoms with E-state index in [0.717, 1.165) is 0 Å². The quantitative estimate of drug-likeness (QED) is 0.404. The molecule has 0 heterocycles. The van der Waals surface area contributed by atoms with Gasteiger partial charge in [0.25, 0.3) is 10.1 Å². The van der Waals surface area contributed by atoms with Crippen LogP contribution in [0.15, 0.2) is 0 Å². The smallest absolute Gasteiger partial charge is 0.283 e. The Kier molecular flexibility index (Phi) is 8.30. The molecule has 0 amide bonds. The molecule has 0 aliphatic heterocycles. The van der Waals surface area contributed by atoms with Gasteiger partial charge in [0.2, 0.25) is 0 Å². The SMILES string of the molecule is CC(N)S(=O)(=O)OCCN.[Na]. The number of hydrogen-bond donors (Lipinski definition) is 2. The summed E-state index contributed by atoms with van der Waals surface area (Å²) in [5.74, 6) is 0. The molecular formula is C4H12N2NaO3S. The van der Waals surface area contributed by atoms with Crippen LogP contribution in [-0.2, 0) is 14.3 Å². The Balaban J connectivity index is 0. The molecule has 0 aromatic heterocycles. The second-order valence-corrected chi connectivity index (χ2v) is 3.77. The van der Waals surface area contributed by atoms with E-state index in [4.69, 9.17) is 11.5 Å². The molecule has 0 fully saturated rings. The fourth-order valence-corrected chi connectivity index (χ4v) is 0.815. The molecule has 0 aromatic carbocycles. The molecule has 5 nitrogen and oxygen atoms in total. The van der Waals surface area contributed by atoms with E-state index in [2.05, 4.69) is 4.18 Å². The summed E-state index contributed by atoms with van der Waals surface area (Å²) in [6.45, 7) is 1.50. The summed E-state index contributed by atoms with van der Waals surface area (Å²) in [5.41, 5.74) is 10.1. The van der Waals surface area contributed by atoms with E-state index < -0.39 is 15.5 Å². The summed E-state index contributed by atoms with van der Waals surface area (Å²) < 4.78 is 25.7. The first-order chi connectivity index (χ1) is 4.50. The molecule has 11 heavy (non-hydrogen) atoms. The Bertz CT molecular complexity index is 180. The maximum atomic E-state index is 10.7. The van der Waals surface area contributed by atoms with Crippen LogP contribution >= 0.6 is 0 Å². The van der Waals surface area contributed by atoms with Gasteiger partial charge in [0, 0.05) is 36.1 Å². The predicted molar refractivity (Wildman–Crippen MR) is 43.3 cm³/mol. The van der Waals surface area contributed by atoms with Crippen molar-refractivity contribution < 1.29 is 12.6 Å². The van der Waals surface area contributed by atoms with E-state index in [0.29, 0.717) is 0 Å². The largest absolute Gasteiger partial charge is 0.328 e. The maximum absolute atomic E-state index is 10.7. The maximum Gasteiger partial charge on any atom is 0.283 e. The van der Waals surface area contributed by atoms with Gasteiger partial charge in [-0.05, 0) is 6.92 Å². The molecule has 0 rings (SSSR count). The first-order valence-corrected chi connectivity index (χ1v) is 4.31. The standard InChI is InChI=1S/C4H12N2O3S.Na/c1-4(6)10(7,8)9-3-2-5;/h4H,2-3,5-6H2,1H3;. The second-order valence-electron chi connectivity index (χ2n) is 1.81. The van der Waals surface area contributed by atoms with Crippen molar-refractivity contribution in [3.63, 3.8) is 0 Å². The minimum absolute atomic E-state index is 0. The third kappa shape index (κ3) is 6.03. The summed E-state index contributed by atoms with van der Waals surface area (Å²) in [7, 11) is -3.56. The molecule has 63 valence electrons. The molecule has 4 N–H and O–H groups in total. The van der Waals surface area contributed by atoms with E-state index in [1.807, 2.05) is 0 Å². The van der Waals surface area contributed by atoms with E-state index in [9.17, 15) is 8.42 Å². The fraction of sp³-hybridized carbons (Fsp3) is 1.00. The summed E-state index contributed by atoms with van der Waals surface area (Å²) in [4.78, 5) is 0. The van der Waals surface area contributed by atoms with Gasteiger partial charge in [-0.25, -0.2) is 0 Å². The molecule has 0 aliphatic carbocycles. The van der Waals surface area contributed by atoms with Crippen LogP contribution in [0.1, 0.15) is 6.92 Å². The van der Waals surface area contributed by atoms with E-state index in [-0.39, 0.29) is 42.7 Å². The molecule has 0 aliphatic rings. The van der Waals surface area contributed by atoms with Gasteiger partial charge in [0.05, 0.1) is 6.61 Å². The molecule has 1 radical (unpaired) electrons. The van der Waals surface area contributed by atoms with Gasteiger partial charge in [-0.1, -0.05) is 0 Å².